The summed E-state index contributed by atoms with van der Waals surface area (Å²) in [5.41, 5.74) is 0.267. The summed E-state index contributed by atoms with van der Waals surface area (Å²) in [6.07, 6.45) is 1.68. The lowest BCUT2D eigenvalue weighted by atomic mass is 10.1. The molecular weight excluding hydrogens is 181 g/mol. The highest BCUT2D eigenvalue weighted by Gasteiger charge is 2.06. The molecule has 0 aliphatic heterocycles. The first kappa shape index (κ1) is 8.94. The Kier molecular flexibility index (Phi) is 1.88. The zero-order chi connectivity index (χ0) is 10.3. The molecule has 1 aromatic carbocycles. The van der Waals surface area contributed by atoms with E-state index in [4.69, 9.17) is 0 Å². The number of rotatable bonds is 0. The van der Waals surface area contributed by atoms with Gasteiger partial charge < -0.3 is 4.57 Å². The summed E-state index contributed by atoms with van der Waals surface area (Å²) in [4.78, 5) is 11.7. The van der Waals surface area contributed by atoms with Crippen molar-refractivity contribution in [1.29, 1.82) is 0 Å². The largest absolute Gasteiger partial charge is 0.318 e. The zero-order valence-corrected chi connectivity index (χ0v) is 8.04. The smallest absolute Gasteiger partial charge is 0.258 e. The third kappa shape index (κ3) is 1.13. The monoisotopic (exact) mass is 191 g/mol. The molecule has 0 unspecified atom stereocenters. The van der Waals surface area contributed by atoms with E-state index in [0.29, 0.717) is 10.9 Å². The standard InChI is InChI=1S/C11H10FNO/c1-7-9(12)4-3-8-5-6-13(2)11(14)10(7)8/h3-6H,1-2H3. The molecule has 0 aliphatic rings. The van der Waals surface area contributed by atoms with Gasteiger partial charge in [-0.3, -0.25) is 4.79 Å². The van der Waals surface area contributed by atoms with Gasteiger partial charge in [0.15, 0.2) is 0 Å². The fourth-order valence-corrected chi connectivity index (χ4v) is 1.57. The third-order valence-corrected chi connectivity index (χ3v) is 2.44. The molecule has 2 aromatic rings. The number of nitrogens with zero attached hydrogens (tertiary/aromatic N) is 1. The Balaban J connectivity index is 3.06. The third-order valence-electron chi connectivity index (χ3n) is 2.44. The molecule has 0 saturated carbocycles. The van der Waals surface area contributed by atoms with Crippen molar-refractivity contribution in [2.24, 2.45) is 7.05 Å². The lowest BCUT2D eigenvalue weighted by Gasteiger charge is -2.04. The average Bonchev–Trinajstić information content (AvgIpc) is 2.17. The Morgan fingerprint density at radius 3 is 2.71 bits per heavy atom. The Morgan fingerprint density at radius 1 is 1.29 bits per heavy atom. The Morgan fingerprint density at radius 2 is 2.00 bits per heavy atom. The maximum Gasteiger partial charge on any atom is 0.258 e. The average molecular weight is 191 g/mol. The van der Waals surface area contributed by atoms with Crippen LogP contribution in [0.3, 0.4) is 0 Å². The van der Waals surface area contributed by atoms with Crippen LogP contribution in [0.15, 0.2) is 29.2 Å². The number of hydrogen-bond donors (Lipinski definition) is 0. The van der Waals surface area contributed by atoms with Crippen LogP contribution in [0.5, 0.6) is 0 Å². The molecular formula is C11H10FNO. The van der Waals surface area contributed by atoms with Gasteiger partial charge in [-0.25, -0.2) is 4.39 Å². The molecule has 0 N–H and O–H groups in total. The summed E-state index contributed by atoms with van der Waals surface area (Å²) in [5.74, 6) is -0.333. The van der Waals surface area contributed by atoms with Crippen LogP contribution < -0.4 is 5.56 Å². The summed E-state index contributed by atoms with van der Waals surface area (Å²) in [5, 5.41) is 1.25. The lowest BCUT2D eigenvalue weighted by Crippen LogP contribution is -2.16. The fraction of sp³-hybridized carbons (Fsp3) is 0.182. The minimum Gasteiger partial charge on any atom is -0.318 e. The molecule has 14 heavy (non-hydrogen) atoms. The predicted octanol–water partition coefficient (Wildman–Crippen LogP) is 1.99. The van der Waals surface area contributed by atoms with E-state index >= 15 is 0 Å². The van der Waals surface area contributed by atoms with Crippen LogP contribution in [0.25, 0.3) is 10.8 Å². The van der Waals surface area contributed by atoms with Crippen LogP contribution in [0.1, 0.15) is 5.56 Å². The van der Waals surface area contributed by atoms with Gasteiger partial charge in [0.25, 0.3) is 5.56 Å². The molecule has 0 saturated heterocycles. The van der Waals surface area contributed by atoms with E-state index in [1.165, 1.54) is 10.6 Å². The highest BCUT2D eigenvalue weighted by Crippen LogP contribution is 2.16. The van der Waals surface area contributed by atoms with Gasteiger partial charge in [0, 0.05) is 13.2 Å². The van der Waals surface area contributed by atoms with Crippen LogP contribution >= 0.6 is 0 Å². The van der Waals surface area contributed by atoms with Crippen molar-refractivity contribution in [2.75, 3.05) is 0 Å². The van der Waals surface area contributed by atoms with Crippen LogP contribution in [0.2, 0.25) is 0 Å². The number of hydrogen-bond acceptors (Lipinski definition) is 1. The molecule has 0 bridgehead atoms. The van der Waals surface area contributed by atoms with Gasteiger partial charge >= 0.3 is 0 Å². The molecule has 0 fully saturated rings. The summed E-state index contributed by atoms with van der Waals surface area (Å²) in [6.45, 7) is 1.62. The Labute approximate surface area is 80.6 Å². The molecule has 2 rings (SSSR count). The topological polar surface area (TPSA) is 22.0 Å². The van der Waals surface area contributed by atoms with E-state index in [1.54, 1.807) is 26.2 Å². The molecule has 1 aromatic heterocycles. The summed E-state index contributed by atoms with van der Waals surface area (Å²) < 4.78 is 14.7. The van der Waals surface area contributed by atoms with Gasteiger partial charge in [-0.15, -0.1) is 0 Å². The van der Waals surface area contributed by atoms with Crippen molar-refractivity contribution in [3.63, 3.8) is 0 Å². The second-order valence-electron chi connectivity index (χ2n) is 3.37. The summed E-state index contributed by atoms with van der Waals surface area (Å²) in [7, 11) is 1.66. The second kappa shape index (κ2) is 2.94. The maximum atomic E-state index is 13.2. The van der Waals surface area contributed by atoms with Gasteiger partial charge in [-0.2, -0.15) is 0 Å². The number of aromatic nitrogens is 1. The van der Waals surface area contributed by atoms with E-state index in [2.05, 4.69) is 0 Å². The van der Waals surface area contributed by atoms with E-state index in [0.717, 1.165) is 5.39 Å². The Hall–Kier alpha value is -1.64. The van der Waals surface area contributed by atoms with Gasteiger partial charge in [-0.1, -0.05) is 6.07 Å². The van der Waals surface area contributed by atoms with E-state index in [9.17, 15) is 9.18 Å². The molecule has 72 valence electrons. The van der Waals surface area contributed by atoms with Crippen molar-refractivity contribution in [3.8, 4) is 0 Å². The molecule has 0 atom stereocenters. The minimum absolute atomic E-state index is 0.153. The lowest BCUT2D eigenvalue weighted by molar-refractivity contribution is 0.620. The molecule has 2 nitrogen and oxygen atoms in total. The predicted molar refractivity (Wildman–Crippen MR) is 53.9 cm³/mol. The second-order valence-corrected chi connectivity index (χ2v) is 3.37. The van der Waals surface area contributed by atoms with E-state index < -0.39 is 0 Å². The first-order valence-electron chi connectivity index (χ1n) is 4.35. The number of benzene rings is 1. The van der Waals surface area contributed by atoms with Crippen LogP contribution in [0.4, 0.5) is 4.39 Å². The molecule has 0 aliphatic carbocycles. The minimum atomic E-state index is -0.333. The first-order valence-corrected chi connectivity index (χ1v) is 4.35. The van der Waals surface area contributed by atoms with Crippen molar-refractivity contribution < 1.29 is 4.39 Å². The molecule has 3 heteroatoms. The van der Waals surface area contributed by atoms with Crippen LogP contribution in [-0.4, -0.2) is 4.57 Å². The van der Waals surface area contributed by atoms with Gasteiger partial charge in [-0.05, 0) is 30.0 Å². The van der Waals surface area contributed by atoms with Gasteiger partial charge in [0.05, 0.1) is 5.39 Å². The molecule has 0 radical (unpaired) electrons. The SMILES string of the molecule is Cc1c(F)ccc2ccn(C)c(=O)c12. The molecule has 0 amide bonds. The van der Waals surface area contributed by atoms with Crippen molar-refractivity contribution in [3.05, 3.63) is 46.1 Å². The van der Waals surface area contributed by atoms with Crippen molar-refractivity contribution in [2.45, 2.75) is 6.92 Å². The molecule has 1 heterocycles. The quantitative estimate of drug-likeness (QED) is 0.624. The van der Waals surface area contributed by atoms with E-state index in [-0.39, 0.29) is 11.4 Å². The number of pyridine rings is 1. The Bertz CT molecular complexity index is 552. The first-order chi connectivity index (χ1) is 6.61. The highest BCUT2D eigenvalue weighted by molar-refractivity contribution is 5.84. The summed E-state index contributed by atoms with van der Waals surface area (Å²) in [6, 6.07) is 4.82. The fourth-order valence-electron chi connectivity index (χ4n) is 1.57. The zero-order valence-electron chi connectivity index (χ0n) is 8.04. The number of halogens is 1. The highest BCUT2D eigenvalue weighted by atomic mass is 19.1. The van der Waals surface area contributed by atoms with Crippen molar-refractivity contribution in [1.82, 2.24) is 4.57 Å². The summed E-state index contributed by atoms with van der Waals surface area (Å²) >= 11 is 0. The van der Waals surface area contributed by atoms with Gasteiger partial charge in [0.1, 0.15) is 5.82 Å². The maximum absolute atomic E-state index is 13.2. The van der Waals surface area contributed by atoms with Gasteiger partial charge in [0.2, 0.25) is 0 Å². The normalized spacial score (nSPS) is 10.8. The number of aryl methyl sites for hydroxylation is 2. The number of fused-ring (bicyclic) bond motifs is 1. The van der Waals surface area contributed by atoms with Crippen LogP contribution in [0, 0.1) is 12.7 Å². The van der Waals surface area contributed by atoms with E-state index in [1.807, 2.05) is 6.07 Å². The van der Waals surface area contributed by atoms with Crippen molar-refractivity contribution >= 4 is 10.8 Å². The molecule has 0 spiro atoms. The van der Waals surface area contributed by atoms with Crippen LogP contribution in [-0.2, 0) is 7.05 Å².